The third-order valence-corrected chi connectivity index (χ3v) is 8.43. The number of halogens is 6. The monoisotopic (exact) mass is 588 g/mol. The van der Waals surface area contributed by atoms with E-state index < -0.39 is 10.8 Å². The second-order valence-corrected chi connectivity index (χ2v) is 10.8. The van der Waals surface area contributed by atoms with Crippen LogP contribution in [0.2, 0.25) is 20.1 Å². The van der Waals surface area contributed by atoms with Gasteiger partial charge in [-0.3, -0.25) is 0 Å². The van der Waals surface area contributed by atoms with E-state index in [4.69, 9.17) is 69.6 Å². The maximum Gasteiger partial charge on any atom is 0.0641 e. The number of hydrogen-bond donors (Lipinski definition) is 0. The fourth-order valence-electron chi connectivity index (χ4n) is 5.65. The van der Waals surface area contributed by atoms with Gasteiger partial charge in [0.15, 0.2) is 0 Å². The molecule has 180 valence electrons. The van der Waals surface area contributed by atoms with Crippen LogP contribution >= 0.6 is 69.6 Å². The van der Waals surface area contributed by atoms with Crippen molar-refractivity contribution in [1.29, 1.82) is 0 Å². The van der Waals surface area contributed by atoms with Crippen molar-refractivity contribution < 1.29 is 0 Å². The Morgan fingerprint density at radius 1 is 0.361 bits per heavy atom. The molecule has 0 nitrogen and oxygen atoms in total. The summed E-state index contributed by atoms with van der Waals surface area (Å²) in [5.74, 6) is 0. The molecule has 6 heteroatoms. The van der Waals surface area contributed by atoms with E-state index in [2.05, 4.69) is 0 Å². The Balaban J connectivity index is 2.00. The number of hydrogen-bond acceptors (Lipinski definition) is 0. The third kappa shape index (κ3) is 3.74. The first-order valence-electron chi connectivity index (χ1n) is 11.1. The van der Waals surface area contributed by atoms with Gasteiger partial charge in [0.2, 0.25) is 0 Å². The third-order valence-electron chi connectivity index (χ3n) is 6.99. The van der Waals surface area contributed by atoms with Crippen LogP contribution in [0.15, 0.2) is 119 Å². The Bertz CT molecular complexity index is 1240. The van der Waals surface area contributed by atoms with Gasteiger partial charge in [-0.15, -0.1) is 0 Å². The van der Waals surface area contributed by atoms with Gasteiger partial charge >= 0.3 is 0 Å². The average molecular weight is 591 g/mol. The smallest absolute Gasteiger partial charge is 0.0641 e. The summed E-state index contributed by atoms with van der Waals surface area (Å²) in [5.41, 5.74) is 7.37. The van der Waals surface area contributed by atoms with Crippen molar-refractivity contribution in [1.82, 2.24) is 0 Å². The van der Waals surface area contributed by atoms with E-state index in [1.807, 2.05) is 97.1 Å². The lowest BCUT2D eigenvalue weighted by atomic mass is 9.36. The molecule has 0 saturated heterocycles. The molecule has 0 unspecified atom stereocenters. The zero-order chi connectivity index (χ0) is 25.5. The van der Waals surface area contributed by atoms with Gasteiger partial charge in [-0.25, -0.2) is 0 Å². The fraction of sp³-hybridized carbons (Fsp3) is 0.0667. The molecule has 4 aromatic rings. The molecular weight excluding hydrogens is 573 g/mol. The molecule has 0 N–H and O–H groups in total. The first kappa shape index (κ1) is 25.7. The largest absolute Gasteiger partial charge is 0.0926 e. The van der Waals surface area contributed by atoms with Crippen LogP contribution in [0.3, 0.4) is 0 Å². The van der Waals surface area contributed by atoms with Crippen LogP contribution in [0.5, 0.6) is 0 Å². The van der Waals surface area contributed by atoms with Crippen molar-refractivity contribution in [3.05, 3.63) is 162 Å². The summed E-state index contributed by atoms with van der Waals surface area (Å²) in [5, 5.41) is 2.55. The Labute approximate surface area is 240 Å². The topological polar surface area (TPSA) is 0 Å². The van der Waals surface area contributed by atoms with Gasteiger partial charge in [-0.1, -0.05) is 118 Å². The summed E-state index contributed by atoms with van der Waals surface area (Å²) in [6, 6.07) is 31.3. The zero-order valence-electron chi connectivity index (χ0n) is 18.7. The fourth-order valence-corrected chi connectivity index (χ4v) is 6.71. The summed E-state index contributed by atoms with van der Waals surface area (Å²) < 4.78 is 0. The van der Waals surface area contributed by atoms with Crippen molar-refractivity contribution in [2.75, 3.05) is 0 Å². The zero-order valence-corrected chi connectivity index (χ0v) is 23.2. The van der Waals surface area contributed by atoms with Gasteiger partial charge < -0.3 is 0 Å². The first-order valence-corrected chi connectivity index (χ1v) is 13.4. The highest BCUT2D eigenvalue weighted by atomic mass is 35.5. The predicted octanol–water partition coefficient (Wildman–Crippen LogP) is 10.8. The van der Waals surface area contributed by atoms with Gasteiger partial charge in [0.05, 0.1) is 10.8 Å². The molecule has 1 aliphatic rings. The number of benzene rings is 4. The van der Waals surface area contributed by atoms with E-state index in [1.165, 1.54) is 0 Å². The van der Waals surface area contributed by atoms with Crippen molar-refractivity contribution >= 4 is 69.6 Å². The summed E-state index contributed by atoms with van der Waals surface area (Å²) in [7, 11) is 0. The summed E-state index contributed by atoms with van der Waals surface area (Å²) in [4.78, 5) is 0. The molecule has 1 fully saturated rings. The van der Waals surface area contributed by atoms with Crippen LogP contribution < -0.4 is 0 Å². The second-order valence-electron chi connectivity index (χ2n) is 8.57. The molecule has 0 spiro atoms. The minimum absolute atomic E-state index is 0.637. The van der Waals surface area contributed by atoms with Gasteiger partial charge in [0.1, 0.15) is 0 Å². The molecule has 0 atom stereocenters. The highest BCUT2D eigenvalue weighted by Crippen LogP contribution is 2.71. The Morgan fingerprint density at radius 3 is 0.722 bits per heavy atom. The summed E-state index contributed by atoms with van der Waals surface area (Å²) in [6.07, 6.45) is 0. The minimum Gasteiger partial charge on any atom is -0.0926 e. The standard InChI is InChI=1S/C30H18Cl6/c31-17-27-28(18-32)30(21-5-13-25(35)14-6-21,22-7-15-26(36)16-8-22)29(27,19-1-9-23(33)10-2-19)20-3-11-24(34)12-4-20/h1-18H/b27-17-,28-18+. The Hall–Kier alpha value is -1.90. The Kier molecular flexibility index (Phi) is 7.22. The van der Waals surface area contributed by atoms with Crippen molar-refractivity contribution in [2.45, 2.75) is 10.8 Å². The molecule has 1 saturated carbocycles. The number of rotatable bonds is 4. The first-order chi connectivity index (χ1) is 17.4. The average Bonchev–Trinajstić information content (AvgIpc) is 2.88. The molecule has 0 aliphatic heterocycles. The van der Waals surface area contributed by atoms with Crippen molar-refractivity contribution in [2.24, 2.45) is 0 Å². The molecule has 0 amide bonds. The molecule has 5 rings (SSSR count). The van der Waals surface area contributed by atoms with Crippen molar-refractivity contribution in [3.63, 3.8) is 0 Å². The maximum atomic E-state index is 6.62. The van der Waals surface area contributed by atoms with Gasteiger partial charge in [0.25, 0.3) is 0 Å². The van der Waals surface area contributed by atoms with Crippen LogP contribution in [0.1, 0.15) is 22.3 Å². The minimum atomic E-state index is -0.785. The van der Waals surface area contributed by atoms with Crippen LogP contribution in [-0.4, -0.2) is 0 Å². The second kappa shape index (κ2) is 10.1. The molecule has 0 radical (unpaired) electrons. The molecule has 0 aromatic heterocycles. The SMILES string of the molecule is Cl/C=C1\C(=C\Cl)C(c2ccc(Cl)cc2)(c2ccc(Cl)cc2)C1(c1ccc(Cl)cc1)c1ccc(Cl)cc1. The van der Waals surface area contributed by atoms with Crippen LogP contribution in [0, 0.1) is 0 Å². The highest BCUT2D eigenvalue weighted by Gasteiger charge is 2.68. The van der Waals surface area contributed by atoms with E-state index in [1.54, 1.807) is 11.1 Å². The van der Waals surface area contributed by atoms with E-state index in [0.29, 0.717) is 20.1 Å². The normalized spacial score (nSPS) is 18.3. The summed E-state index contributed by atoms with van der Waals surface area (Å²) >= 11 is 38.6. The maximum absolute atomic E-state index is 6.62. The molecular formula is C30H18Cl6. The van der Waals surface area contributed by atoms with Crippen LogP contribution in [0.4, 0.5) is 0 Å². The molecule has 0 bridgehead atoms. The van der Waals surface area contributed by atoms with E-state index in [-0.39, 0.29) is 0 Å². The Morgan fingerprint density at radius 2 is 0.556 bits per heavy atom. The predicted molar refractivity (Wildman–Crippen MR) is 155 cm³/mol. The van der Waals surface area contributed by atoms with E-state index in [9.17, 15) is 0 Å². The summed E-state index contributed by atoms with van der Waals surface area (Å²) in [6.45, 7) is 0. The van der Waals surface area contributed by atoms with Gasteiger partial charge in [-0.05, 0) is 81.9 Å². The molecule has 0 heterocycles. The van der Waals surface area contributed by atoms with Gasteiger partial charge in [-0.2, -0.15) is 0 Å². The lowest BCUT2D eigenvalue weighted by Gasteiger charge is -2.64. The molecule has 36 heavy (non-hydrogen) atoms. The number of allylic oxidation sites excluding steroid dienone is 2. The highest BCUT2D eigenvalue weighted by molar-refractivity contribution is 6.32. The van der Waals surface area contributed by atoms with Gasteiger partial charge in [0, 0.05) is 31.2 Å². The lowest BCUT2D eigenvalue weighted by Crippen LogP contribution is -2.63. The van der Waals surface area contributed by atoms with E-state index in [0.717, 1.165) is 33.4 Å². The van der Waals surface area contributed by atoms with Crippen molar-refractivity contribution in [3.8, 4) is 0 Å². The lowest BCUT2D eigenvalue weighted by molar-refractivity contribution is 0.337. The molecule has 1 aliphatic carbocycles. The van der Waals surface area contributed by atoms with Crippen LogP contribution in [-0.2, 0) is 10.8 Å². The molecule has 4 aromatic carbocycles. The quantitative estimate of drug-likeness (QED) is 0.222. The van der Waals surface area contributed by atoms with Crippen LogP contribution in [0.25, 0.3) is 0 Å². The van der Waals surface area contributed by atoms with E-state index >= 15 is 0 Å².